The molecule has 2 aliphatic rings. The second-order valence-electron chi connectivity index (χ2n) is 5.84. The van der Waals surface area contributed by atoms with Crippen LogP contribution in [0, 0.1) is 0 Å². The van der Waals surface area contributed by atoms with Gasteiger partial charge in [-0.3, -0.25) is 4.79 Å². The molecule has 0 saturated carbocycles. The summed E-state index contributed by atoms with van der Waals surface area (Å²) < 4.78 is 22.4. The number of ketones is 1. The first-order chi connectivity index (χ1) is 12.3. The predicted molar refractivity (Wildman–Crippen MR) is 92.8 cm³/mol. The monoisotopic (exact) mass is 338 g/mol. The smallest absolute Gasteiger partial charge is 0.203 e. The average Bonchev–Trinajstić information content (AvgIpc) is 2.81. The first-order valence-electron chi connectivity index (χ1n) is 8.21. The molecule has 0 aromatic heterocycles. The Hall–Kier alpha value is -2.95. The van der Waals surface area contributed by atoms with E-state index in [0.29, 0.717) is 60.4 Å². The van der Waals surface area contributed by atoms with Gasteiger partial charge in [-0.25, -0.2) is 0 Å². The maximum atomic E-state index is 12.8. The summed E-state index contributed by atoms with van der Waals surface area (Å²) in [5.74, 6) is 2.46. The van der Waals surface area contributed by atoms with Gasteiger partial charge in [0.1, 0.15) is 19.0 Å². The first kappa shape index (κ1) is 15.6. The Kier molecular flexibility index (Phi) is 4.06. The minimum Gasteiger partial charge on any atom is -0.493 e. The quantitative estimate of drug-likeness (QED) is 0.784. The van der Waals surface area contributed by atoms with Gasteiger partial charge in [-0.15, -0.1) is 0 Å². The molecule has 2 aromatic carbocycles. The van der Waals surface area contributed by atoms with Gasteiger partial charge in [0.25, 0.3) is 0 Å². The van der Waals surface area contributed by atoms with Crippen LogP contribution < -0.4 is 18.9 Å². The van der Waals surface area contributed by atoms with Crippen LogP contribution in [0.1, 0.15) is 22.3 Å². The molecule has 128 valence electrons. The number of hydrogen-bond donors (Lipinski definition) is 0. The molecule has 5 heteroatoms. The number of rotatable bonds is 2. The maximum absolute atomic E-state index is 12.8. The van der Waals surface area contributed by atoms with E-state index >= 15 is 0 Å². The van der Waals surface area contributed by atoms with Gasteiger partial charge < -0.3 is 18.9 Å². The zero-order valence-electron chi connectivity index (χ0n) is 13.9. The minimum absolute atomic E-state index is 0.0121. The van der Waals surface area contributed by atoms with Crippen LogP contribution in [0.15, 0.2) is 42.0 Å². The van der Waals surface area contributed by atoms with Gasteiger partial charge in [0.2, 0.25) is 5.75 Å². The van der Waals surface area contributed by atoms with Crippen molar-refractivity contribution in [2.45, 2.75) is 6.42 Å². The molecular weight excluding hydrogens is 320 g/mol. The molecule has 0 aliphatic carbocycles. The number of carbonyl (C=O) groups is 1. The minimum atomic E-state index is -0.0121. The van der Waals surface area contributed by atoms with Crippen LogP contribution in [0.4, 0.5) is 0 Å². The molecule has 0 radical (unpaired) electrons. The van der Waals surface area contributed by atoms with Crippen LogP contribution in [0.25, 0.3) is 6.08 Å². The van der Waals surface area contributed by atoms with Crippen LogP contribution in [-0.2, 0) is 0 Å². The van der Waals surface area contributed by atoms with Gasteiger partial charge in [-0.05, 0) is 35.9 Å². The molecule has 0 atom stereocenters. The lowest BCUT2D eigenvalue weighted by atomic mass is 9.99. The van der Waals surface area contributed by atoms with Crippen molar-refractivity contribution < 1.29 is 23.7 Å². The molecule has 0 spiro atoms. The largest absolute Gasteiger partial charge is 0.493 e. The summed E-state index contributed by atoms with van der Waals surface area (Å²) in [7, 11) is 1.59. The van der Waals surface area contributed by atoms with Crippen molar-refractivity contribution in [3.8, 4) is 23.0 Å². The van der Waals surface area contributed by atoms with Crippen LogP contribution in [0.3, 0.4) is 0 Å². The van der Waals surface area contributed by atoms with E-state index in [1.54, 1.807) is 13.2 Å². The van der Waals surface area contributed by atoms with Gasteiger partial charge in [0.05, 0.1) is 19.3 Å². The second-order valence-corrected chi connectivity index (χ2v) is 5.84. The number of carbonyl (C=O) groups excluding carboxylic acids is 1. The topological polar surface area (TPSA) is 54.0 Å². The summed E-state index contributed by atoms with van der Waals surface area (Å²) in [6.07, 6.45) is 2.42. The highest BCUT2D eigenvalue weighted by Gasteiger charge is 2.22. The van der Waals surface area contributed by atoms with E-state index in [2.05, 4.69) is 0 Å². The van der Waals surface area contributed by atoms with E-state index in [0.717, 1.165) is 5.56 Å². The van der Waals surface area contributed by atoms with Gasteiger partial charge in [-0.1, -0.05) is 12.1 Å². The molecule has 5 nitrogen and oxygen atoms in total. The number of Topliss-reactive ketones (excluding diaryl/α,β-unsaturated/α-hetero) is 1. The van der Waals surface area contributed by atoms with Gasteiger partial charge in [-0.2, -0.15) is 0 Å². The molecule has 25 heavy (non-hydrogen) atoms. The van der Waals surface area contributed by atoms with Gasteiger partial charge in [0, 0.05) is 12.0 Å². The van der Waals surface area contributed by atoms with Crippen LogP contribution >= 0.6 is 0 Å². The van der Waals surface area contributed by atoms with Crippen LogP contribution in [0.2, 0.25) is 0 Å². The molecule has 2 aliphatic heterocycles. The van der Waals surface area contributed by atoms with Crippen molar-refractivity contribution in [2.75, 3.05) is 26.9 Å². The average molecular weight is 338 g/mol. The predicted octanol–water partition coefficient (Wildman–Crippen LogP) is 3.52. The van der Waals surface area contributed by atoms with E-state index in [9.17, 15) is 4.79 Å². The molecule has 0 saturated heterocycles. The Balaban J connectivity index is 1.74. The number of ether oxygens (including phenoxy) is 4. The van der Waals surface area contributed by atoms with Crippen molar-refractivity contribution in [3.05, 3.63) is 53.1 Å². The van der Waals surface area contributed by atoms with E-state index in [-0.39, 0.29) is 5.78 Å². The lowest BCUT2D eigenvalue weighted by Gasteiger charge is -2.21. The summed E-state index contributed by atoms with van der Waals surface area (Å²) >= 11 is 0. The zero-order chi connectivity index (χ0) is 17.2. The highest BCUT2D eigenvalue weighted by atomic mass is 16.6. The molecule has 0 unspecified atom stereocenters. The third kappa shape index (κ3) is 2.93. The fourth-order valence-corrected chi connectivity index (χ4v) is 3.05. The van der Waals surface area contributed by atoms with E-state index in [1.807, 2.05) is 36.4 Å². The Morgan fingerprint density at radius 3 is 2.68 bits per heavy atom. The fourth-order valence-electron chi connectivity index (χ4n) is 3.05. The van der Waals surface area contributed by atoms with Crippen molar-refractivity contribution in [2.24, 2.45) is 0 Å². The first-order valence-corrected chi connectivity index (χ1v) is 8.21. The van der Waals surface area contributed by atoms with E-state index < -0.39 is 0 Å². The maximum Gasteiger partial charge on any atom is 0.203 e. The summed E-state index contributed by atoms with van der Waals surface area (Å²) in [5.41, 5.74) is 2.13. The Morgan fingerprint density at radius 2 is 1.80 bits per heavy atom. The molecule has 2 aromatic rings. The number of para-hydroxylation sites is 1. The van der Waals surface area contributed by atoms with Gasteiger partial charge in [0.15, 0.2) is 17.3 Å². The van der Waals surface area contributed by atoms with Crippen LogP contribution in [0.5, 0.6) is 23.0 Å². The third-order valence-electron chi connectivity index (χ3n) is 4.24. The zero-order valence-corrected chi connectivity index (χ0v) is 13.9. The lowest BCUT2D eigenvalue weighted by molar-refractivity contribution is 0.103. The lowest BCUT2D eigenvalue weighted by Crippen LogP contribution is -2.16. The summed E-state index contributed by atoms with van der Waals surface area (Å²) in [6, 6.07) is 11.0. The van der Waals surface area contributed by atoms with E-state index in [1.165, 1.54) is 0 Å². The Bertz CT molecular complexity index is 836. The van der Waals surface area contributed by atoms with E-state index in [4.69, 9.17) is 18.9 Å². The molecule has 0 bridgehead atoms. The highest BCUT2D eigenvalue weighted by molar-refractivity contribution is 6.13. The number of fused-ring (bicyclic) bond motifs is 2. The van der Waals surface area contributed by atoms with Crippen molar-refractivity contribution >= 4 is 11.9 Å². The summed E-state index contributed by atoms with van der Waals surface area (Å²) in [4.78, 5) is 12.8. The van der Waals surface area contributed by atoms with Crippen LogP contribution in [-0.4, -0.2) is 32.7 Å². The number of methoxy groups -OCH3 is 1. The molecule has 2 heterocycles. The Morgan fingerprint density at radius 1 is 1.00 bits per heavy atom. The standard InChI is InChI=1S/C20H18O5/c1-22-17-11-13(12-18-20(17)25-9-8-24-18)10-14-6-7-23-16-5-3-2-4-15(16)19(14)21/h2-5,10-12H,6-9H2,1H3/b14-10+. The van der Waals surface area contributed by atoms with Gasteiger partial charge >= 0.3 is 0 Å². The highest BCUT2D eigenvalue weighted by Crippen LogP contribution is 2.41. The molecular formula is C20H18O5. The molecule has 4 rings (SSSR count). The molecule has 0 amide bonds. The van der Waals surface area contributed by atoms with Crippen molar-refractivity contribution in [3.63, 3.8) is 0 Å². The Labute approximate surface area is 145 Å². The third-order valence-corrected chi connectivity index (χ3v) is 4.24. The number of hydrogen-bond acceptors (Lipinski definition) is 5. The number of benzene rings is 2. The molecule has 0 N–H and O–H groups in total. The second kappa shape index (κ2) is 6.51. The SMILES string of the molecule is COc1cc(/C=C2\CCOc3ccccc3C2=O)cc2c1OCCO2. The normalized spacial score (nSPS) is 17.5. The van der Waals surface area contributed by atoms with Crippen molar-refractivity contribution in [1.29, 1.82) is 0 Å². The molecule has 0 fully saturated rings. The van der Waals surface area contributed by atoms with Crippen molar-refractivity contribution in [1.82, 2.24) is 0 Å². The fraction of sp³-hybridized carbons (Fsp3) is 0.250. The summed E-state index contributed by atoms with van der Waals surface area (Å²) in [6.45, 7) is 1.46. The summed E-state index contributed by atoms with van der Waals surface area (Å²) in [5, 5.41) is 0.